The number of rotatable bonds is 6. The molecule has 1 aromatic heterocycles. The fourth-order valence-electron chi connectivity index (χ4n) is 0.956. The molecule has 1 N–H and O–H groups in total. The number of hydrogen-bond donors (Lipinski definition) is 1. The normalized spacial score (nSPS) is 13.0. The van der Waals surface area contributed by atoms with Crippen LogP contribution in [0.25, 0.3) is 0 Å². The third kappa shape index (κ3) is 4.24. The van der Waals surface area contributed by atoms with Gasteiger partial charge in [0.1, 0.15) is 0 Å². The zero-order chi connectivity index (χ0) is 9.52. The molecular formula is C9H15NO2S. The lowest BCUT2D eigenvalue weighted by Gasteiger charge is -2.01. The van der Waals surface area contributed by atoms with Gasteiger partial charge in [0.05, 0.1) is 12.5 Å². The summed E-state index contributed by atoms with van der Waals surface area (Å²) in [6.07, 6.45) is 3.37. The third-order valence-electron chi connectivity index (χ3n) is 1.74. The molecule has 0 fully saturated rings. The molecule has 74 valence electrons. The SMILES string of the molecule is CCS(=O)CCNCc1ccoc1. The molecule has 1 aromatic rings. The monoisotopic (exact) mass is 201 g/mol. The topological polar surface area (TPSA) is 42.2 Å². The van der Waals surface area contributed by atoms with E-state index in [9.17, 15) is 4.21 Å². The maximum Gasteiger partial charge on any atom is 0.0947 e. The predicted molar refractivity (Wildman–Crippen MR) is 54.0 cm³/mol. The molecule has 0 spiro atoms. The molecule has 1 heterocycles. The van der Waals surface area contributed by atoms with E-state index in [0.29, 0.717) is 0 Å². The Morgan fingerprint density at radius 2 is 2.46 bits per heavy atom. The van der Waals surface area contributed by atoms with Gasteiger partial charge in [-0.05, 0) is 6.07 Å². The highest BCUT2D eigenvalue weighted by atomic mass is 32.2. The highest BCUT2D eigenvalue weighted by Crippen LogP contribution is 1.97. The second-order valence-corrected chi connectivity index (χ2v) is 4.61. The van der Waals surface area contributed by atoms with Gasteiger partial charge in [-0.15, -0.1) is 0 Å². The van der Waals surface area contributed by atoms with Gasteiger partial charge in [0.2, 0.25) is 0 Å². The fraction of sp³-hybridized carbons (Fsp3) is 0.556. The summed E-state index contributed by atoms with van der Waals surface area (Å²) < 4.78 is 15.9. The third-order valence-corrected chi connectivity index (χ3v) is 3.04. The predicted octanol–water partition coefficient (Wildman–Crippen LogP) is 1.14. The van der Waals surface area contributed by atoms with E-state index in [0.717, 1.165) is 30.2 Å². The van der Waals surface area contributed by atoms with Crippen LogP contribution in [0.5, 0.6) is 0 Å². The van der Waals surface area contributed by atoms with E-state index in [1.807, 2.05) is 13.0 Å². The molecule has 0 saturated heterocycles. The maximum atomic E-state index is 11.0. The van der Waals surface area contributed by atoms with Crippen molar-refractivity contribution >= 4 is 10.8 Å². The van der Waals surface area contributed by atoms with Crippen molar-refractivity contribution in [1.29, 1.82) is 0 Å². The lowest BCUT2D eigenvalue weighted by molar-refractivity contribution is 0.561. The number of hydrogen-bond acceptors (Lipinski definition) is 3. The quantitative estimate of drug-likeness (QED) is 0.702. The minimum absolute atomic E-state index is 0.661. The van der Waals surface area contributed by atoms with Crippen LogP contribution in [0.2, 0.25) is 0 Å². The summed E-state index contributed by atoms with van der Waals surface area (Å²) >= 11 is 0. The maximum absolute atomic E-state index is 11.0. The average molecular weight is 201 g/mol. The fourth-order valence-corrected chi connectivity index (χ4v) is 1.62. The molecule has 0 aliphatic heterocycles. The minimum atomic E-state index is -0.661. The highest BCUT2D eigenvalue weighted by Gasteiger charge is 1.96. The molecule has 1 atom stereocenters. The van der Waals surface area contributed by atoms with E-state index in [1.54, 1.807) is 12.5 Å². The van der Waals surface area contributed by atoms with Crippen molar-refractivity contribution in [2.24, 2.45) is 0 Å². The summed E-state index contributed by atoms with van der Waals surface area (Å²) in [5.41, 5.74) is 1.13. The van der Waals surface area contributed by atoms with E-state index >= 15 is 0 Å². The Bertz CT molecular complexity index is 246. The van der Waals surface area contributed by atoms with Crippen molar-refractivity contribution in [3.63, 3.8) is 0 Å². The standard InChI is InChI=1S/C9H15NO2S/c1-2-13(11)6-4-10-7-9-3-5-12-8-9/h3,5,8,10H,2,4,6-7H2,1H3. The molecule has 0 amide bonds. The first-order valence-corrected chi connectivity index (χ1v) is 5.88. The molecule has 0 aliphatic carbocycles. The number of nitrogens with one attached hydrogen (secondary N) is 1. The van der Waals surface area contributed by atoms with Gasteiger partial charge < -0.3 is 9.73 Å². The van der Waals surface area contributed by atoms with E-state index in [2.05, 4.69) is 5.32 Å². The van der Waals surface area contributed by atoms with Crippen LogP contribution < -0.4 is 5.32 Å². The van der Waals surface area contributed by atoms with Crippen LogP contribution in [-0.4, -0.2) is 22.3 Å². The molecule has 1 unspecified atom stereocenters. The Hall–Kier alpha value is -0.610. The highest BCUT2D eigenvalue weighted by molar-refractivity contribution is 7.84. The first-order chi connectivity index (χ1) is 6.33. The van der Waals surface area contributed by atoms with Crippen LogP contribution in [0.3, 0.4) is 0 Å². The molecular weight excluding hydrogens is 186 g/mol. The van der Waals surface area contributed by atoms with Crippen LogP contribution in [0.1, 0.15) is 12.5 Å². The van der Waals surface area contributed by atoms with Crippen molar-refractivity contribution in [2.75, 3.05) is 18.1 Å². The first kappa shape index (κ1) is 10.5. The van der Waals surface area contributed by atoms with Crippen LogP contribution in [0, 0.1) is 0 Å². The largest absolute Gasteiger partial charge is 0.472 e. The molecule has 4 heteroatoms. The van der Waals surface area contributed by atoms with Gasteiger partial charge in [-0.1, -0.05) is 6.92 Å². The molecule has 0 aromatic carbocycles. The van der Waals surface area contributed by atoms with Crippen LogP contribution in [0.4, 0.5) is 0 Å². The zero-order valence-corrected chi connectivity index (χ0v) is 8.60. The van der Waals surface area contributed by atoms with Crippen molar-refractivity contribution in [3.8, 4) is 0 Å². The van der Waals surface area contributed by atoms with E-state index in [-0.39, 0.29) is 0 Å². The summed E-state index contributed by atoms with van der Waals surface area (Å²) in [4.78, 5) is 0. The lowest BCUT2D eigenvalue weighted by Crippen LogP contribution is -2.20. The van der Waals surface area contributed by atoms with Gasteiger partial charge in [-0.3, -0.25) is 4.21 Å². The van der Waals surface area contributed by atoms with Crippen molar-refractivity contribution in [1.82, 2.24) is 5.32 Å². The molecule has 3 nitrogen and oxygen atoms in total. The summed E-state index contributed by atoms with van der Waals surface area (Å²) in [6, 6.07) is 1.92. The second kappa shape index (κ2) is 5.94. The van der Waals surface area contributed by atoms with Gasteiger partial charge in [0.25, 0.3) is 0 Å². The zero-order valence-electron chi connectivity index (χ0n) is 7.79. The summed E-state index contributed by atoms with van der Waals surface area (Å²) in [5, 5.41) is 3.20. The molecule has 1 rings (SSSR count). The Kier molecular flexibility index (Phi) is 4.78. The molecule has 0 bridgehead atoms. The Balaban J connectivity index is 2.05. The van der Waals surface area contributed by atoms with Crippen molar-refractivity contribution in [3.05, 3.63) is 24.2 Å². The number of furan rings is 1. The van der Waals surface area contributed by atoms with E-state index in [1.165, 1.54) is 0 Å². The average Bonchev–Trinajstić information content (AvgIpc) is 2.64. The van der Waals surface area contributed by atoms with Gasteiger partial charge >= 0.3 is 0 Å². The summed E-state index contributed by atoms with van der Waals surface area (Å²) in [5.74, 6) is 1.47. The Morgan fingerprint density at radius 1 is 1.62 bits per heavy atom. The lowest BCUT2D eigenvalue weighted by atomic mass is 10.3. The van der Waals surface area contributed by atoms with Crippen molar-refractivity contribution < 1.29 is 8.63 Å². The van der Waals surface area contributed by atoms with E-state index in [4.69, 9.17) is 4.42 Å². The van der Waals surface area contributed by atoms with Crippen LogP contribution in [0.15, 0.2) is 23.0 Å². The summed E-state index contributed by atoms with van der Waals surface area (Å²) in [6.45, 7) is 3.52. The van der Waals surface area contributed by atoms with Crippen molar-refractivity contribution in [2.45, 2.75) is 13.5 Å². The van der Waals surface area contributed by atoms with Crippen LogP contribution in [-0.2, 0) is 17.3 Å². The van der Waals surface area contributed by atoms with Gasteiger partial charge in [0, 0.05) is 41.0 Å². The Labute approximate surface area is 81.0 Å². The molecule has 0 radical (unpaired) electrons. The first-order valence-electron chi connectivity index (χ1n) is 4.39. The van der Waals surface area contributed by atoms with Gasteiger partial charge in [0.15, 0.2) is 0 Å². The van der Waals surface area contributed by atoms with E-state index < -0.39 is 10.8 Å². The Morgan fingerprint density at radius 3 is 3.08 bits per heavy atom. The summed E-state index contributed by atoms with van der Waals surface area (Å²) in [7, 11) is -0.661. The molecule has 13 heavy (non-hydrogen) atoms. The second-order valence-electron chi connectivity index (χ2n) is 2.74. The minimum Gasteiger partial charge on any atom is -0.472 e. The van der Waals surface area contributed by atoms with Gasteiger partial charge in [-0.25, -0.2) is 0 Å². The molecule has 0 saturated carbocycles. The molecule has 0 aliphatic rings. The van der Waals surface area contributed by atoms with Gasteiger partial charge in [-0.2, -0.15) is 0 Å². The van der Waals surface area contributed by atoms with Crippen LogP contribution >= 0.6 is 0 Å². The smallest absolute Gasteiger partial charge is 0.0947 e.